The summed E-state index contributed by atoms with van der Waals surface area (Å²) in [5.74, 6) is 1.39. The predicted molar refractivity (Wildman–Crippen MR) is 72.8 cm³/mol. The predicted octanol–water partition coefficient (Wildman–Crippen LogP) is 3.69. The lowest BCUT2D eigenvalue weighted by Gasteiger charge is -2.37. The molecule has 1 aliphatic heterocycles. The Kier molecular flexibility index (Phi) is 3.42. The summed E-state index contributed by atoms with van der Waals surface area (Å²) in [5, 5.41) is 0. The van der Waals surface area contributed by atoms with Crippen molar-refractivity contribution in [1.82, 2.24) is 4.90 Å². The molecule has 96 valence electrons. The van der Waals surface area contributed by atoms with Gasteiger partial charge in [0.1, 0.15) is 11.4 Å². The maximum atomic E-state index is 5.82. The number of rotatable bonds is 0. The van der Waals surface area contributed by atoms with E-state index in [-0.39, 0.29) is 11.1 Å². The van der Waals surface area contributed by atoms with Crippen molar-refractivity contribution >= 4 is 5.90 Å². The molecule has 0 bridgehead atoms. The molecule has 0 spiro atoms. The maximum absolute atomic E-state index is 5.82. The van der Waals surface area contributed by atoms with Gasteiger partial charge in [0.25, 0.3) is 0 Å². The van der Waals surface area contributed by atoms with Crippen LogP contribution in [0, 0.1) is 0 Å². The summed E-state index contributed by atoms with van der Waals surface area (Å²) in [6.07, 6.45) is 2.05. The molecule has 0 fully saturated rings. The van der Waals surface area contributed by atoms with Crippen molar-refractivity contribution in [3.8, 4) is 0 Å². The Balaban J connectivity index is 2.96. The first kappa shape index (κ1) is 13.8. The number of ether oxygens (including phenoxy) is 1. The Labute approximate surface area is 105 Å². The molecule has 0 atom stereocenters. The molecular weight excluding hydrogens is 212 g/mol. The highest BCUT2D eigenvalue weighted by atomic mass is 16.5. The molecule has 0 amide bonds. The summed E-state index contributed by atoms with van der Waals surface area (Å²) in [6, 6.07) is 0. The summed E-state index contributed by atoms with van der Waals surface area (Å²) in [4.78, 5) is 6.52. The third kappa shape index (κ3) is 3.62. The zero-order valence-electron chi connectivity index (χ0n) is 12.1. The van der Waals surface area contributed by atoms with Crippen molar-refractivity contribution in [3.05, 3.63) is 24.2 Å². The molecule has 0 radical (unpaired) electrons. The minimum atomic E-state index is -0.238. The fraction of sp³-hybridized carbons (Fsp3) is 0.643. The van der Waals surface area contributed by atoms with Crippen LogP contribution in [0.5, 0.6) is 0 Å². The van der Waals surface area contributed by atoms with Crippen molar-refractivity contribution in [3.63, 3.8) is 0 Å². The quantitative estimate of drug-likeness (QED) is 0.641. The van der Waals surface area contributed by atoms with Crippen LogP contribution >= 0.6 is 0 Å². The van der Waals surface area contributed by atoms with Crippen LogP contribution in [-0.4, -0.2) is 21.9 Å². The van der Waals surface area contributed by atoms with E-state index >= 15 is 0 Å². The van der Waals surface area contributed by atoms with E-state index in [1.807, 2.05) is 27.7 Å². The fourth-order valence-electron chi connectivity index (χ4n) is 1.56. The summed E-state index contributed by atoms with van der Waals surface area (Å²) in [7, 11) is 0. The van der Waals surface area contributed by atoms with E-state index in [1.165, 1.54) is 0 Å². The van der Waals surface area contributed by atoms with Crippen molar-refractivity contribution in [2.75, 3.05) is 0 Å². The molecule has 1 aliphatic rings. The normalized spacial score (nSPS) is 17.8. The SMILES string of the molecule is C=C1N=C(OC(C)(C)C)C(C)=CN1C(C)(C)C. The van der Waals surface area contributed by atoms with Gasteiger partial charge in [0.05, 0.1) is 0 Å². The van der Waals surface area contributed by atoms with Gasteiger partial charge < -0.3 is 9.64 Å². The van der Waals surface area contributed by atoms with Crippen molar-refractivity contribution < 1.29 is 4.74 Å². The summed E-state index contributed by atoms with van der Waals surface area (Å²) >= 11 is 0. The van der Waals surface area contributed by atoms with E-state index in [0.717, 1.165) is 11.4 Å². The lowest BCUT2D eigenvalue weighted by atomic mass is 10.1. The molecule has 3 heteroatoms. The molecule has 1 rings (SSSR count). The van der Waals surface area contributed by atoms with Gasteiger partial charge in [-0.15, -0.1) is 0 Å². The van der Waals surface area contributed by atoms with Crippen molar-refractivity contribution in [2.45, 2.75) is 59.6 Å². The van der Waals surface area contributed by atoms with E-state index < -0.39 is 0 Å². The minimum Gasteiger partial charge on any atom is -0.472 e. The van der Waals surface area contributed by atoms with E-state index in [0.29, 0.717) is 5.90 Å². The van der Waals surface area contributed by atoms with Gasteiger partial charge in [-0.25, -0.2) is 0 Å². The summed E-state index contributed by atoms with van der Waals surface area (Å²) in [6.45, 7) is 18.4. The van der Waals surface area contributed by atoms with E-state index in [1.54, 1.807) is 0 Å². The Morgan fingerprint density at radius 3 is 2.12 bits per heavy atom. The van der Waals surface area contributed by atoms with E-state index in [2.05, 4.69) is 43.4 Å². The zero-order valence-corrected chi connectivity index (χ0v) is 12.1. The second-order valence-corrected chi connectivity index (χ2v) is 6.40. The third-order valence-electron chi connectivity index (χ3n) is 2.29. The van der Waals surface area contributed by atoms with Gasteiger partial charge in [0.2, 0.25) is 5.90 Å². The van der Waals surface area contributed by atoms with Crippen LogP contribution in [0.1, 0.15) is 48.5 Å². The van der Waals surface area contributed by atoms with Gasteiger partial charge in [-0.3, -0.25) is 0 Å². The van der Waals surface area contributed by atoms with Gasteiger partial charge in [-0.05, 0) is 48.5 Å². The molecule has 0 saturated carbocycles. The van der Waals surface area contributed by atoms with Crippen molar-refractivity contribution in [2.24, 2.45) is 4.99 Å². The Bertz CT molecular complexity index is 378. The fourth-order valence-corrected chi connectivity index (χ4v) is 1.56. The summed E-state index contributed by atoms with van der Waals surface area (Å²) < 4.78 is 5.82. The number of hydrogen-bond donors (Lipinski definition) is 0. The topological polar surface area (TPSA) is 24.8 Å². The van der Waals surface area contributed by atoms with Crippen LogP contribution in [0.2, 0.25) is 0 Å². The molecule has 0 aromatic carbocycles. The van der Waals surface area contributed by atoms with Crippen LogP contribution in [0.4, 0.5) is 0 Å². The largest absolute Gasteiger partial charge is 0.472 e. The van der Waals surface area contributed by atoms with Crippen molar-refractivity contribution in [1.29, 1.82) is 0 Å². The van der Waals surface area contributed by atoms with Crippen LogP contribution in [0.25, 0.3) is 0 Å². The van der Waals surface area contributed by atoms with E-state index in [9.17, 15) is 0 Å². The number of aliphatic imine (C=N–C) groups is 1. The first-order chi connectivity index (χ1) is 7.50. The maximum Gasteiger partial charge on any atom is 0.220 e. The lowest BCUT2D eigenvalue weighted by molar-refractivity contribution is 0.114. The number of nitrogens with zero attached hydrogens (tertiary/aromatic N) is 2. The smallest absolute Gasteiger partial charge is 0.220 e. The average molecular weight is 236 g/mol. The molecule has 0 aromatic rings. The molecule has 0 saturated heterocycles. The zero-order chi connectivity index (χ0) is 13.4. The third-order valence-corrected chi connectivity index (χ3v) is 2.29. The molecule has 0 aromatic heterocycles. The first-order valence-corrected chi connectivity index (χ1v) is 5.95. The highest BCUT2D eigenvalue weighted by Gasteiger charge is 2.27. The molecule has 17 heavy (non-hydrogen) atoms. The van der Waals surface area contributed by atoms with Gasteiger partial charge >= 0.3 is 0 Å². The van der Waals surface area contributed by atoms with Gasteiger partial charge in [-0.1, -0.05) is 6.58 Å². The Morgan fingerprint density at radius 1 is 1.18 bits per heavy atom. The van der Waals surface area contributed by atoms with Crippen LogP contribution in [-0.2, 0) is 4.74 Å². The molecular formula is C14H24N2O. The van der Waals surface area contributed by atoms with Crippen LogP contribution in [0.15, 0.2) is 29.2 Å². The monoisotopic (exact) mass is 236 g/mol. The van der Waals surface area contributed by atoms with Gasteiger partial charge in [0, 0.05) is 17.3 Å². The lowest BCUT2D eigenvalue weighted by Crippen LogP contribution is -2.39. The molecule has 3 nitrogen and oxygen atoms in total. The minimum absolute atomic E-state index is 0.0187. The second-order valence-electron chi connectivity index (χ2n) is 6.40. The number of hydrogen-bond acceptors (Lipinski definition) is 3. The summed E-state index contributed by atoms with van der Waals surface area (Å²) in [5.41, 5.74) is 0.773. The van der Waals surface area contributed by atoms with Gasteiger partial charge in [0.15, 0.2) is 0 Å². The molecule has 0 aliphatic carbocycles. The Hall–Kier alpha value is -1.25. The molecule has 0 N–H and O–H groups in total. The average Bonchev–Trinajstić information content (AvgIpc) is 2.06. The standard InChI is InChI=1S/C14H24N2O/c1-10-9-16(13(3,4)5)11(2)15-12(10)17-14(6,7)8/h9H,2H2,1,3-8H3. The van der Waals surface area contributed by atoms with Gasteiger partial charge in [-0.2, -0.15) is 4.99 Å². The van der Waals surface area contributed by atoms with E-state index in [4.69, 9.17) is 4.74 Å². The molecule has 0 unspecified atom stereocenters. The second kappa shape index (κ2) is 4.21. The Morgan fingerprint density at radius 2 is 1.71 bits per heavy atom. The highest BCUT2D eigenvalue weighted by Crippen LogP contribution is 2.26. The van der Waals surface area contributed by atoms with Crippen LogP contribution in [0.3, 0.4) is 0 Å². The first-order valence-electron chi connectivity index (χ1n) is 5.95. The molecule has 1 heterocycles. The highest BCUT2D eigenvalue weighted by molar-refractivity contribution is 5.94. The van der Waals surface area contributed by atoms with Crippen LogP contribution < -0.4 is 0 Å².